The van der Waals surface area contributed by atoms with Crippen molar-refractivity contribution in [2.45, 2.75) is 45.3 Å². The van der Waals surface area contributed by atoms with Crippen LogP contribution >= 0.6 is 0 Å². The van der Waals surface area contributed by atoms with Gasteiger partial charge in [0.25, 0.3) is 5.91 Å². The number of hydrazine groups is 2. The fraction of sp³-hybridized carbons (Fsp3) is 0.379. The molecule has 0 bridgehead atoms. The van der Waals surface area contributed by atoms with Gasteiger partial charge in [-0.15, -0.1) is 0 Å². The highest BCUT2D eigenvalue weighted by Crippen LogP contribution is 2.38. The van der Waals surface area contributed by atoms with Crippen molar-refractivity contribution < 1.29 is 13.9 Å². The van der Waals surface area contributed by atoms with E-state index in [4.69, 9.17) is 9.72 Å². The average Bonchev–Trinajstić information content (AvgIpc) is 3.51. The number of nitrogens with one attached hydrogen (secondary N) is 4. The number of amides is 1. The van der Waals surface area contributed by atoms with Gasteiger partial charge >= 0.3 is 0 Å². The number of pyridine rings is 1. The van der Waals surface area contributed by atoms with Gasteiger partial charge in [-0.1, -0.05) is 6.07 Å². The Labute approximate surface area is 227 Å². The Kier molecular flexibility index (Phi) is 6.62. The Morgan fingerprint density at radius 1 is 1.26 bits per heavy atom. The molecule has 1 aromatic heterocycles. The Balaban J connectivity index is 1.15. The van der Waals surface area contributed by atoms with E-state index in [9.17, 15) is 9.18 Å². The predicted molar refractivity (Wildman–Crippen MR) is 147 cm³/mol. The maximum Gasteiger partial charge on any atom is 0.252 e. The normalized spacial score (nSPS) is 21.8. The van der Waals surface area contributed by atoms with Crippen LogP contribution in [0.5, 0.6) is 0 Å². The van der Waals surface area contributed by atoms with E-state index >= 15 is 0 Å². The highest BCUT2D eigenvalue weighted by molar-refractivity contribution is 5.96. The molecule has 1 unspecified atom stereocenters. The topological polar surface area (TPSA) is 93.8 Å². The van der Waals surface area contributed by atoms with Gasteiger partial charge in [0.2, 0.25) is 0 Å². The van der Waals surface area contributed by atoms with Gasteiger partial charge in [0.15, 0.2) is 0 Å². The van der Waals surface area contributed by atoms with E-state index in [1.165, 1.54) is 17.7 Å². The van der Waals surface area contributed by atoms with E-state index in [0.717, 1.165) is 66.4 Å². The number of aryl methyl sites for hydroxylation is 1. The number of piperidine rings is 1. The van der Waals surface area contributed by atoms with Crippen LogP contribution in [0.25, 0.3) is 5.57 Å². The van der Waals surface area contributed by atoms with E-state index < -0.39 is 5.82 Å². The van der Waals surface area contributed by atoms with Crippen LogP contribution in [0.3, 0.4) is 0 Å². The standard InChI is InChI=1S/C29H34FN7O2/c1-4-39-21-14-23(26-24-16-32-34-27(24)35-37(26)17-21)19-6-8-25(31-15-19)36-11-9-29(3,10-12-36)33-28(38)22-13-20(30)7-5-18(22)2/h5-8,13-15,17,27,32,34-35H,4,9-12,16H2,1-3H3,(H,33,38). The first-order valence-corrected chi connectivity index (χ1v) is 13.5. The lowest BCUT2D eigenvalue weighted by molar-refractivity contribution is 0.0890. The SMILES string of the molecule is CCOC1=CN2NC3NNCC3=C2C(c2ccc(N3CCC(C)(NC(=O)c4cc(F)ccc4C)CC3)nc2)=C1. The molecular formula is C29H34FN7O2. The number of allylic oxidation sites excluding steroid dienone is 2. The summed E-state index contributed by atoms with van der Waals surface area (Å²) in [4.78, 5) is 20.0. The molecule has 4 N–H and O–H groups in total. The van der Waals surface area contributed by atoms with Crippen molar-refractivity contribution in [2.75, 3.05) is 31.1 Å². The Morgan fingerprint density at radius 3 is 2.82 bits per heavy atom. The van der Waals surface area contributed by atoms with Crippen molar-refractivity contribution in [2.24, 2.45) is 0 Å². The van der Waals surface area contributed by atoms with Crippen LogP contribution in [-0.4, -0.2) is 53.8 Å². The summed E-state index contributed by atoms with van der Waals surface area (Å²) in [5.74, 6) is 1.07. The smallest absolute Gasteiger partial charge is 0.252 e. The number of carbonyl (C=O) groups excluding carboxylic acids is 1. The maximum absolute atomic E-state index is 13.7. The van der Waals surface area contributed by atoms with E-state index in [0.29, 0.717) is 12.2 Å². The number of nitrogens with zero attached hydrogens (tertiary/aromatic N) is 3. The largest absolute Gasteiger partial charge is 0.492 e. The molecule has 1 aromatic carbocycles. The molecule has 4 aliphatic heterocycles. The van der Waals surface area contributed by atoms with Gasteiger partial charge < -0.3 is 15.0 Å². The summed E-state index contributed by atoms with van der Waals surface area (Å²) in [6.45, 7) is 8.73. The van der Waals surface area contributed by atoms with E-state index in [-0.39, 0.29) is 17.6 Å². The molecule has 0 aliphatic carbocycles. The van der Waals surface area contributed by atoms with Crippen molar-refractivity contribution >= 4 is 17.3 Å². The lowest BCUT2D eigenvalue weighted by atomic mass is 9.89. The minimum absolute atomic E-state index is 0.0424. The molecule has 39 heavy (non-hydrogen) atoms. The Bertz CT molecular complexity index is 1380. The first-order valence-electron chi connectivity index (χ1n) is 13.5. The number of benzene rings is 1. The van der Waals surface area contributed by atoms with Gasteiger partial charge in [-0.05, 0) is 69.5 Å². The molecule has 10 heteroatoms. The number of rotatable bonds is 6. The molecule has 1 amide bonds. The molecule has 2 saturated heterocycles. The summed E-state index contributed by atoms with van der Waals surface area (Å²) in [5.41, 5.74) is 15.2. The maximum atomic E-state index is 13.7. The lowest BCUT2D eigenvalue weighted by Gasteiger charge is -2.40. The monoisotopic (exact) mass is 531 g/mol. The molecule has 2 aromatic rings. The summed E-state index contributed by atoms with van der Waals surface area (Å²) in [7, 11) is 0. The number of aromatic nitrogens is 1. The molecule has 6 rings (SSSR count). The van der Waals surface area contributed by atoms with Crippen LogP contribution in [-0.2, 0) is 4.74 Å². The first kappa shape index (κ1) is 25.5. The number of anilines is 1. The third-order valence-electron chi connectivity index (χ3n) is 7.91. The van der Waals surface area contributed by atoms with Crippen molar-refractivity contribution in [1.29, 1.82) is 0 Å². The third kappa shape index (κ3) is 4.91. The van der Waals surface area contributed by atoms with Crippen LogP contribution in [0.1, 0.15) is 48.2 Å². The van der Waals surface area contributed by atoms with Crippen LogP contribution < -0.4 is 26.5 Å². The minimum Gasteiger partial charge on any atom is -0.492 e. The third-order valence-corrected chi connectivity index (χ3v) is 7.91. The molecule has 0 spiro atoms. The van der Waals surface area contributed by atoms with Gasteiger partial charge in [-0.3, -0.25) is 15.2 Å². The average molecular weight is 532 g/mol. The molecule has 204 valence electrons. The summed E-state index contributed by atoms with van der Waals surface area (Å²) in [6, 6.07) is 8.50. The fourth-order valence-corrected chi connectivity index (χ4v) is 5.64. The van der Waals surface area contributed by atoms with Gasteiger partial charge in [-0.2, -0.15) is 0 Å². The van der Waals surface area contributed by atoms with E-state index in [2.05, 4.69) is 51.6 Å². The van der Waals surface area contributed by atoms with Crippen molar-refractivity contribution in [3.63, 3.8) is 0 Å². The number of fused-ring (bicyclic) bond motifs is 2. The second kappa shape index (κ2) is 10.1. The van der Waals surface area contributed by atoms with Gasteiger partial charge in [0.1, 0.15) is 23.6 Å². The predicted octanol–water partition coefficient (Wildman–Crippen LogP) is 3.10. The molecule has 2 fully saturated rings. The van der Waals surface area contributed by atoms with E-state index in [1.807, 2.05) is 31.3 Å². The molecule has 1 atom stereocenters. The molecule has 4 aliphatic rings. The molecule has 0 saturated carbocycles. The fourth-order valence-electron chi connectivity index (χ4n) is 5.64. The Morgan fingerprint density at radius 2 is 2.08 bits per heavy atom. The first-order chi connectivity index (χ1) is 18.8. The van der Waals surface area contributed by atoms with Crippen LogP contribution in [0.2, 0.25) is 0 Å². The zero-order valence-electron chi connectivity index (χ0n) is 22.5. The van der Waals surface area contributed by atoms with E-state index in [1.54, 1.807) is 6.07 Å². The second-order valence-electron chi connectivity index (χ2n) is 10.7. The summed E-state index contributed by atoms with van der Waals surface area (Å²) < 4.78 is 19.6. The number of ether oxygens (including phenoxy) is 1. The number of hydrogen-bond acceptors (Lipinski definition) is 8. The van der Waals surface area contributed by atoms with Crippen molar-refractivity contribution in [3.8, 4) is 0 Å². The number of hydrogen-bond donors (Lipinski definition) is 4. The summed E-state index contributed by atoms with van der Waals surface area (Å²) in [6.07, 6.45) is 7.56. The Hall–Kier alpha value is -3.73. The number of carbonyl (C=O) groups is 1. The highest BCUT2D eigenvalue weighted by atomic mass is 19.1. The summed E-state index contributed by atoms with van der Waals surface area (Å²) in [5, 5.41) is 5.19. The van der Waals surface area contributed by atoms with Crippen LogP contribution in [0.15, 0.2) is 65.8 Å². The number of halogens is 1. The molecule has 5 heterocycles. The molecule has 0 radical (unpaired) electrons. The highest BCUT2D eigenvalue weighted by Gasteiger charge is 2.38. The molecule has 9 nitrogen and oxygen atoms in total. The lowest BCUT2D eigenvalue weighted by Crippen LogP contribution is -2.53. The second-order valence-corrected chi connectivity index (χ2v) is 10.7. The van der Waals surface area contributed by atoms with Crippen molar-refractivity contribution in [3.05, 3.63) is 88.3 Å². The quantitative estimate of drug-likeness (QED) is 0.452. The zero-order valence-corrected chi connectivity index (χ0v) is 22.5. The van der Waals surface area contributed by atoms with Gasteiger partial charge in [0, 0.05) is 53.6 Å². The van der Waals surface area contributed by atoms with Crippen molar-refractivity contribution in [1.82, 2.24) is 31.6 Å². The van der Waals surface area contributed by atoms with Crippen LogP contribution in [0, 0.1) is 12.7 Å². The summed E-state index contributed by atoms with van der Waals surface area (Å²) >= 11 is 0. The van der Waals surface area contributed by atoms with Crippen LogP contribution in [0.4, 0.5) is 10.2 Å². The zero-order chi connectivity index (χ0) is 27.1. The van der Waals surface area contributed by atoms with Gasteiger partial charge in [0.05, 0.1) is 18.5 Å². The molecular weight excluding hydrogens is 497 g/mol. The van der Waals surface area contributed by atoms with Gasteiger partial charge in [-0.25, -0.2) is 20.2 Å². The minimum atomic E-state index is -0.403.